The molecule has 1 heterocycles. The van der Waals surface area contributed by atoms with Gasteiger partial charge in [-0.15, -0.1) is 11.3 Å². The van der Waals surface area contributed by atoms with Crippen molar-refractivity contribution in [2.24, 2.45) is 11.7 Å². The lowest BCUT2D eigenvalue weighted by molar-refractivity contribution is 0.1000. The molecule has 2 aromatic rings. The Morgan fingerprint density at radius 3 is 2.65 bits per heavy atom. The summed E-state index contributed by atoms with van der Waals surface area (Å²) in [7, 11) is 1.58. The molecule has 3 N–H and O–H groups in total. The van der Waals surface area contributed by atoms with Crippen LogP contribution in [-0.2, 0) is 12.8 Å². The second-order valence-electron chi connectivity index (χ2n) is 6.65. The maximum atomic E-state index is 12.6. The van der Waals surface area contributed by atoms with Gasteiger partial charge in [-0.3, -0.25) is 9.59 Å². The zero-order chi connectivity index (χ0) is 18.7. The third-order valence-corrected chi connectivity index (χ3v) is 6.06. The number of carbonyl (C=O) groups is 2. The van der Waals surface area contributed by atoms with Gasteiger partial charge in [0.05, 0.1) is 12.7 Å². The highest BCUT2D eigenvalue weighted by Gasteiger charge is 2.28. The van der Waals surface area contributed by atoms with Crippen LogP contribution < -0.4 is 15.8 Å². The van der Waals surface area contributed by atoms with Crippen molar-refractivity contribution in [3.63, 3.8) is 0 Å². The molecule has 0 saturated heterocycles. The van der Waals surface area contributed by atoms with E-state index in [1.165, 1.54) is 22.6 Å². The van der Waals surface area contributed by atoms with Gasteiger partial charge < -0.3 is 15.8 Å². The number of carbonyl (C=O) groups excluding carboxylic acids is 2. The van der Waals surface area contributed by atoms with Crippen LogP contribution in [0.15, 0.2) is 24.3 Å². The summed E-state index contributed by atoms with van der Waals surface area (Å²) in [5, 5.41) is 3.46. The van der Waals surface area contributed by atoms with Crippen molar-refractivity contribution < 1.29 is 14.3 Å². The Balaban J connectivity index is 1.85. The van der Waals surface area contributed by atoms with E-state index in [-0.39, 0.29) is 5.91 Å². The maximum absolute atomic E-state index is 12.6. The van der Waals surface area contributed by atoms with Crippen LogP contribution in [0.1, 0.15) is 57.3 Å². The third-order valence-electron chi connectivity index (χ3n) is 4.89. The van der Waals surface area contributed by atoms with Crippen LogP contribution in [0.4, 0.5) is 5.00 Å². The van der Waals surface area contributed by atoms with Gasteiger partial charge in [-0.1, -0.05) is 19.8 Å². The van der Waals surface area contributed by atoms with Gasteiger partial charge in [0.1, 0.15) is 10.8 Å². The van der Waals surface area contributed by atoms with Gasteiger partial charge in [-0.05, 0) is 55.0 Å². The van der Waals surface area contributed by atoms with E-state index < -0.39 is 5.91 Å². The highest BCUT2D eigenvalue weighted by molar-refractivity contribution is 7.17. The second kappa shape index (κ2) is 7.91. The number of fused-ring (bicyclic) bond motifs is 1. The number of amides is 2. The first kappa shape index (κ1) is 18.5. The largest absolute Gasteiger partial charge is 0.497 e. The molecule has 5 nitrogen and oxygen atoms in total. The summed E-state index contributed by atoms with van der Waals surface area (Å²) in [6.45, 7) is 2.19. The summed E-state index contributed by atoms with van der Waals surface area (Å²) in [6, 6.07) is 6.86. The topological polar surface area (TPSA) is 81.4 Å². The second-order valence-corrected chi connectivity index (χ2v) is 7.76. The molecule has 1 aromatic carbocycles. The molecular weight excluding hydrogens is 348 g/mol. The molecule has 0 bridgehead atoms. The molecule has 0 saturated carbocycles. The Hall–Kier alpha value is -2.34. The van der Waals surface area contributed by atoms with Gasteiger partial charge in [0.25, 0.3) is 11.8 Å². The molecule has 2 amide bonds. The van der Waals surface area contributed by atoms with E-state index in [2.05, 4.69) is 12.2 Å². The van der Waals surface area contributed by atoms with Gasteiger partial charge in [-0.25, -0.2) is 0 Å². The number of ether oxygens (including phenoxy) is 1. The number of nitrogens with one attached hydrogen (secondary N) is 1. The summed E-state index contributed by atoms with van der Waals surface area (Å²) >= 11 is 1.49. The monoisotopic (exact) mass is 372 g/mol. The molecule has 138 valence electrons. The molecule has 0 fully saturated rings. The molecular formula is C20H24N2O3S. The number of thiophene rings is 1. The number of methoxy groups -OCH3 is 1. The first-order chi connectivity index (χ1) is 12.5. The molecule has 0 aliphatic heterocycles. The van der Waals surface area contributed by atoms with Crippen molar-refractivity contribution >= 4 is 28.2 Å². The van der Waals surface area contributed by atoms with Crippen LogP contribution in [0.25, 0.3) is 0 Å². The lowest BCUT2D eigenvalue weighted by atomic mass is 9.84. The molecule has 1 aliphatic rings. The zero-order valence-corrected chi connectivity index (χ0v) is 15.9. The number of anilines is 1. The third kappa shape index (κ3) is 3.75. The molecule has 0 spiro atoms. The summed E-state index contributed by atoms with van der Waals surface area (Å²) in [6.07, 6.45) is 5.25. The van der Waals surface area contributed by atoms with E-state index in [0.29, 0.717) is 27.8 Å². The fraction of sp³-hybridized carbons (Fsp3) is 0.400. The van der Waals surface area contributed by atoms with Gasteiger partial charge >= 0.3 is 0 Å². The van der Waals surface area contributed by atoms with E-state index in [1.807, 2.05) is 0 Å². The van der Waals surface area contributed by atoms with Crippen LogP contribution in [-0.4, -0.2) is 18.9 Å². The van der Waals surface area contributed by atoms with E-state index in [4.69, 9.17) is 10.5 Å². The summed E-state index contributed by atoms with van der Waals surface area (Å²) < 4.78 is 5.11. The van der Waals surface area contributed by atoms with Crippen molar-refractivity contribution in [3.8, 4) is 5.75 Å². The number of primary amides is 1. The fourth-order valence-corrected chi connectivity index (χ4v) is 4.94. The molecule has 1 aliphatic carbocycles. The molecule has 6 heteroatoms. The van der Waals surface area contributed by atoms with Crippen molar-refractivity contribution in [1.82, 2.24) is 0 Å². The van der Waals surface area contributed by atoms with Crippen molar-refractivity contribution in [2.45, 2.75) is 39.0 Å². The van der Waals surface area contributed by atoms with Crippen LogP contribution in [0, 0.1) is 5.92 Å². The average molecular weight is 372 g/mol. The van der Waals surface area contributed by atoms with E-state index in [0.717, 1.165) is 31.2 Å². The lowest BCUT2D eigenvalue weighted by Gasteiger charge is -2.21. The van der Waals surface area contributed by atoms with Gasteiger partial charge in [0.15, 0.2) is 0 Å². The average Bonchev–Trinajstić information content (AvgIpc) is 2.99. The van der Waals surface area contributed by atoms with Crippen LogP contribution in [0.2, 0.25) is 0 Å². The zero-order valence-electron chi connectivity index (χ0n) is 15.1. The first-order valence-corrected chi connectivity index (χ1v) is 9.74. The lowest BCUT2D eigenvalue weighted by Crippen LogP contribution is -2.20. The fourth-order valence-electron chi connectivity index (χ4n) is 3.58. The van der Waals surface area contributed by atoms with Gasteiger partial charge in [-0.2, -0.15) is 0 Å². The van der Waals surface area contributed by atoms with E-state index in [9.17, 15) is 9.59 Å². The predicted octanol–water partition coefficient (Wildman–Crippen LogP) is 4.01. The summed E-state index contributed by atoms with van der Waals surface area (Å²) in [4.78, 5) is 25.8. The number of benzene rings is 1. The van der Waals surface area contributed by atoms with E-state index in [1.54, 1.807) is 31.4 Å². The molecule has 3 rings (SSSR count). The van der Waals surface area contributed by atoms with Crippen LogP contribution >= 0.6 is 11.3 Å². The molecule has 0 unspecified atom stereocenters. The standard InChI is InChI=1S/C20H24N2O3S/c1-3-4-12-5-10-15-16(11-12)26-20(17(15)18(21)23)22-19(24)13-6-8-14(25-2)9-7-13/h6-9,12H,3-5,10-11H2,1-2H3,(H2,21,23)(H,22,24)/t12-/m1/s1. The first-order valence-electron chi connectivity index (χ1n) is 8.93. The van der Waals surface area contributed by atoms with Crippen molar-refractivity contribution in [3.05, 3.63) is 45.8 Å². The normalized spacial score (nSPS) is 16.0. The number of hydrogen-bond acceptors (Lipinski definition) is 4. The van der Waals surface area contributed by atoms with E-state index >= 15 is 0 Å². The highest BCUT2D eigenvalue weighted by atomic mass is 32.1. The van der Waals surface area contributed by atoms with Crippen LogP contribution in [0.3, 0.4) is 0 Å². The molecule has 1 aromatic heterocycles. The SMILES string of the molecule is CCC[C@@H]1CCc2c(sc(NC(=O)c3ccc(OC)cc3)c2C(N)=O)C1. The molecule has 26 heavy (non-hydrogen) atoms. The van der Waals surface area contributed by atoms with Gasteiger partial charge in [0, 0.05) is 10.4 Å². The minimum absolute atomic E-state index is 0.251. The van der Waals surface area contributed by atoms with Crippen LogP contribution in [0.5, 0.6) is 5.75 Å². The number of rotatable bonds is 6. The maximum Gasteiger partial charge on any atom is 0.256 e. The Morgan fingerprint density at radius 2 is 2.04 bits per heavy atom. The Kier molecular flexibility index (Phi) is 5.61. The predicted molar refractivity (Wildman–Crippen MR) is 104 cm³/mol. The van der Waals surface area contributed by atoms with Crippen molar-refractivity contribution in [2.75, 3.05) is 12.4 Å². The molecule has 0 radical (unpaired) electrons. The van der Waals surface area contributed by atoms with Gasteiger partial charge in [0.2, 0.25) is 0 Å². The quantitative estimate of drug-likeness (QED) is 0.804. The highest BCUT2D eigenvalue weighted by Crippen LogP contribution is 2.40. The minimum atomic E-state index is -0.471. The smallest absolute Gasteiger partial charge is 0.256 e. The Labute approximate surface area is 157 Å². The summed E-state index contributed by atoms with van der Waals surface area (Å²) in [5.74, 6) is 0.616. The Bertz CT molecular complexity index is 811. The number of hydrogen-bond donors (Lipinski definition) is 2. The Morgan fingerprint density at radius 1 is 1.31 bits per heavy atom. The van der Waals surface area contributed by atoms with Crippen molar-refractivity contribution in [1.29, 1.82) is 0 Å². The minimum Gasteiger partial charge on any atom is -0.497 e. The molecule has 1 atom stereocenters. The summed E-state index contributed by atoms with van der Waals surface area (Å²) in [5.41, 5.74) is 7.65. The number of nitrogens with two attached hydrogens (primary N) is 1.